The number of rotatable bonds is 2. The lowest BCUT2D eigenvalue weighted by molar-refractivity contribution is 0.588. The summed E-state index contributed by atoms with van der Waals surface area (Å²) in [5.74, 6) is -1.60. The Hall–Kier alpha value is -1.71. The predicted molar refractivity (Wildman–Crippen MR) is 57.8 cm³/mol. The van der Waals surface area contributed by atoms with E-state index in [1.54, 1.807) is 0 Å². The molecule has 0 unspecified atom stereocenters. The Kier molecular flexibility index (Phi) is 2.99. The van der Waals surface area contributed by atoms with Gasteiger partial charge in [0.15, 0.2) is 7.28 Å². The van der Waals surface area contributed by atoms with E-state index in [4.69, 9.17) is 0 Å². The third kappa shape index (κ3) is 2.45. The largest absolute Gasteiger partial charge is 0.208 e. The summed E-state index contributed by atoms with van der Waals surface area (Å²) in [7, 11) is 1.52. The average Bonchev–Trinajstić information content (AvgIpc) is 2.25. The summed E-state index contributed by atoms with van der Waals surface area (Å²) in [5.41, 5.74) is 0.930. The van der Waals surface area contributed by atoms with Crippen LogP contribution in [-0.2, 0) is 0 Å². The van der Waals surface area contributed by atoms with E-state index < -0.39 is 11.6 Å². The maximum atomic E-state index is 13.3. The SMILES string of the molecule is Fc1ccc([B]c2ccc(F)cc2F)cc1. The van der Waals surface area contributed by atoms with E-state index in [9.17, 15) is 13.2 Å². The molecule has 0 fully saturated rings. The molecule has 1 radical (unpaired) electrons. The molecule has 0 aromatic heterocycles. The van der Waals surface area contributed by atoms with Gasteiger partial charge in [-0.05, 0) is 23.7 Å². The minimum atomic E-state index is -0.635. The van der Waals surface area contributed by atoms with E-state index in [0.29, 0.717) is 5.46 Å². The monoisotopic (exact) mass is 219 g/mol. The van der Waals surface area contributed by atoms with Crippen molar-refractivity contribution in [2.45, 2.75) is 0 Å². The number of benzene rings is 2. The topological polar surface area (TPSA) is 0 Å². The fourth-order valence-electron chi connectivity index (χ4n) is 1.36. The highest BCUT2D eigenvalue weighted by Gasteiger charge is 2.06. The van der Waals surface area contributed by atoms with Crippen LogP contribution in [0.3, 0.4) is 0 Å². The van der Waals surface area contributed by atoms with Crippen molar-refractivity contribution in [1.82, 2.24) is 0 Å². The van der Waals surface area contributed by atoms with E-state index in [2.05, 4.69) is 0 Å². The normalized spacial score (nSPS) is 10.2. The van der Waals surface area contributed by atoms with Gasteiger partial charge in [-0.1, -0.05) is 23.7 Å². The Morgan fingerprint density at radius 1 is 0.750 bits per heavy atom. The van der Waals surface area contributed by atoms with Crippen LogP contribution < -0.4 is 10.9 Å². The molecule has 79 valence electrons. The van der Waals surface area contributed by atoms with E-state index in [0.717, 1.165) is 6.07 Å². The van der Waals surface area contributed by atoms with Gasteiger partial charge in [0.2, 0.25) is 0 Å². The minimum Gasteiger partial charge on any atom is -0.208 e. The van der Waals surface area contributed by atoms with Crippen molar-refractivity contribution in [3.05, 3.63) is 59.9 Å². The molecule has 0 heterocycles. The van der Waals surface area contributed by atoms with Crippen LogP contribution in [0, 0.1) is 17.5 Å². The van der Waals surface area contributed by atoms with Gasteiger partial charge in [0, 0.05) is 6.07 Å². The summed E-state index contributed by atoms with van der Waals surface area (Å²) in [5, 5.41) is 0. The van der Waals surface area contributed by atoms with E-state index in [-0.39, 0.29) is 11.3 Å². The average molecular weight is 219 g/mol. The fourth-order valence-corrected chi connectivity index (χ4v) is 1.36. The zero-order valence-electron chi connectivity index (χ0n) is 8.25. The molecule has 0 bridgehead atoms. The first-order valence-corrected chi connectivity index (χ1v) is 4.70. The molecule has 0 aliphatic heterocycles. The van der Waals surface area contributed by atoms with Gasteiger partial charge in [-0.3, -0.25) is 0 Å². The Balaban J connectivity index is 2.23. The maximum Gasteiger partial charge on any atom is 0.195 e. The molecule has 0 aliphatic carbocycles. The third-order valence-corrected chi connectivity index (χ3v) is 2.15. The first-order chi connectivity index (χ1) is 7.65. The molecular weight excluding hydrogens is 212 g/mol. The predicted octanol–water partition coefficient (Wildman–Crippen LogP) is 1.76. The van der Waals surface area contributed by atoms with Gasteiger partial charge in [0.05, 0.1) is 0 Å². The Labute approximate surface area is 92.0 Å². The highest BCUT2D eigenvalue weighted by atomic mass is 19.1. The highest BCUT2D eigenvalue weighted by molar-refractivity contribution is 6.67. The zero-order chi connectivity index (χ0) is 11.5. The molecule has 2 rings (SSSR count). The summed E-state index contributed by atoms with van der Waals surface area (Å²) in [6.45, 7) is 0. The van der Waals surface area contributed by atoms with Gasteiger partial charge in [0.1, 0.15) is 17.5 Å². The molecule has 4 heteroatoms. The van der Waals surface area contributed by atoms with Crippen LogP contribution in [0.15, 0.2) is 42.5 Å². The van der Waals surface area contributed by atoms with Crippen molar-refractivity contribution >= 4 is 18.2 Å². The summed E-state index contributed by atoms with van der Waals surface area (Å²) in [6.07, 6.45) is 0. The van der Waals surface area contributed by atoms with Crippen molar-refractivity contribution in [3.63, 3.8) is 0 Å². The van der Waals surface area contributed by atoms with E-state index in [1.807, 2.05) is 0 Å². The second kappa shape index (κ2) is 4.43. The Morgan fingerprint density at radius 2 is 1.38 bits per heavy atom. The molecule has 0 saturated heterocycles. The molecule has 16 heavy (non-hydrogen) atoms. The quantitative estimate of drug-likeness (QED) is 0.675. The van der Waals surface area contributed by atoms with Crippen LogP contribution in [0.2, 0.25) is 0 Å². The molecule has 0 aliphatic rings. The van der Waals surface area contributed by atoms with Crippen LogP contribution in [0.4, 0.5) is 13.2 Å². The molecular formula is C12H7BF3. The van der Waals surface area contributed by atoms with E-state index >= 15 is 0 Å². The molecule has 0 N–H and O–H groups in total. The van der Waals surface area contributed by atoms with Crippen molar-refractivity contribution in [1.29, 1.82) is 0 Å². The molecule has 0 saturated carbocycles. The zero-order valence-corrected chi connectivity index (χ0v) is 8.25. The van der Waals surface area contributed by atoms with Crippen LogP contribution in [-0.4, -0.2) is 7.28 Å². The minimum absolute atomic E-state index is 0.271. The van der Waals surface area contributed by atoms with Crippen LogP contribution in [0.5, 0.6) is 0 Å². The van der Waals surface area contributed by atoms with Crippen molar-refractivity contribution in [2.24, 2.45) is 0 Å². The lowest BCUT2D eigenvalue weighted by Gasteiger charge is -2.02. The molecule has 0 spiro atoms. The number of halogens is 3. The lowest BCUT2D eigenvalue weighted by atomic mass is 9.64. The smallest absolute Gasteiger partial charge is 0.195 e. The molecule has 2 aromatic rings. The van der Waals surface area contributed by atoms with Crippen LogP contribution in [0.25, 0.3) is 0 Å². The molecule has 0 amide bonds. The van der Waals surface area contributed by atoms with Crippen molar-refractivity contribution < 1.29 is 13.2 Å². The van der Waals surface area contributed by atoms with Gasteiger partial charge in [0.25, 0.3) is 0 Å². The van der Waals surface area contributed by atoms with Gasteiger partial charge >= 0.3 is 0 Å². The Morgan fingerprint density at radius 3 is 2.00 bits per heavy atom. The van der Waals surface area contributed by atoms with Gasteiger partial charge in [-0.25, -0.2) is 13.2 Å². The Bertz CT molecular complexity index is 494. The molecule has 0 nitrogen and oxygen atoms in total. The maximum absolute atomic E-state index is 13.3. The fraction of sp³-hybridized carbons (Fsp3) is 0. The summed E-state index contributed by atoms with van der Waals surface area (Å²) in [4.78, 5) is 0. The third-order valence-electron chi connectivity index (χ3n) is 2.15. The van der Waals surface area contributed by atoms with Crippen LogP contribution in [0.1, 0.15) is 0 Å². The second-order valence-electron chi connectivity index (χ2n) is 3.36. The summed E-state index contributed by atoms with van der Waals surface area (Å²) in [6, 6.07) is 8.96. The summed E-state index contributed by atoms with van der Waals surface area (Å²) >= 11 is 0. The standard InChI is InChI=1S/C12H7BF3/c14-9-3-1-8(2-4-9)13-11-6-5-10(15)7-12(11)16/h1-7H. The van der Waals surface area contributed by atoms with Gasteiger partial charge in [-0.15, -0.1) is 0 Å². The van der Waals surface area contributed by atoms with Gasteiger partial charge in [-0.2, -0.15) is 0 Å². The summed E-state index contributed by atoms with van der Waals surface area (Å²) < 4.78 is 38.5. The number of hydrogen-bond acceptors (Lipinski definition) is 0. The molecule has 2 aromatic carbocycles. The number of hydrogen-bond donors (Lipinski definition) is 0. The van der Waals surface area contributed by atoms with Gasteiger partial charge < -0.3 is 0 Å². The first kappa shape index (κ1) is 10.8. The highest BCUT2D eigenvalue weighted by Crippen LogP contribution is 1.99. The second-order valence-corrected chi connectivity index (χ2v) is 3.36. The van der Waals surface area contributed by atoms with Crippen molar-refractivity contribution in [3.8, 4) is 0 Å². The van der Waals surface area contributed by atoms with Crippen LogP contribution >= 0.6 is 0 Å². The lowest BCUT2D eigenvalue weighted by Crippen LogP contribution is -2.29. The van der Waals surface area contributed by atoms with Crippen molar-refractivity contribution in [2.75, 3.05) is 0 Å². The molecule has 0 atom stereocenters. The van der Waals surface area contributed by atoms with E-state index in [1.165, 1.54) is 43.7 Å². The first-order valence-electron chi connectivity index (χ1n) is 4.70.